The van der Waals surface area contributed by atoms with E-state index in [1.165, 1.54) is 0 Å². The van der Waals surface area contributed by atoms with Crippen LogP contribution in [0.5, 0.6) is 0 Å². The van der Waals surface area contributed by atoms with Crippen LogP contribution >= 0.6 is 0 Å². The van der Waals surface area contributed by atoms with Gasteiger partial charge in [0, 0.05) is 19.7 Å². The Balaban J connectivity index is 1.96. The van der Waals surface area contributed by atoms with Gasteiger partial charge in [-0.2, -0.15) is 0 Å². The molecule has 0 aromatic carbocycles. The zero-order valence-electron chi connectivity index (χ0n) is 10.3. The summed E-state index contributed by atoms with van der Waals surface area (Å²) < 4.78 is 5.24. The van der Waals surface area contributed by atoms with E-state index in [1.54, 1.807) is 0 Å². The summed E-state index contributed by atoms with van der Waals surface area (Å²) in [7, 11) is 0. The van der Waals surface area contributed by atoms with E-state index in [4.69, 9.17) is 10.5 Å². The van der Waals surface area contributed by atoms with Crippen LogP contribution in [-0.2, 0) is 9.53 Å². The van der Waals surface area contributed by atoms with Gasteiger partial charge in [0.25, 0.3) is 0 Å². The number of nitrogens with two attached hydrogens (primary N) is 1. The SMILES string of the molecule is CC1(C)CCN(C(=O)C2(N)CCOC2)CC1. The normalized spacial score (nSPS) is 34.1. The first-order chi connectivity index (χ1) is 7.43. The minimum Gasteiger partial charge on any atom is -0.379 e. The van der Waals surface area contributed by atoms with Crippen LogP contribution in [0, 0.1) is 5.41 Å². The first-order valence-electron chi connectivity index (χ1n) is 6.09. The number of piperidine rings is 1. The van der Waals surface area contributed by atoms with Gasteiger partial charge in [0.15, 0.2) is 0 Å². The molecule has 4 heteroatoms. The van der Waals surface area contributed by atoms with Gasteiger partial charge in [0.2, 0.25) is 5.91 Å². The van der Waals surface area contributed by atoms with Crippen molar-refractivity contribution in [3.05, 3.63) is 0 Å². The van der Waals surface area contributed by atoms with E-state index < -0.39 is 5.54 Å². The Morgan fingerprint density at radius 3 is 2.38 bits per heavy atom. The molecule has 0 radical (unpaired) electrons. The van der Waals surface area contributed by atoms with E-state index in [9.17, 15) is 4.79 Å². The Kier molecular flexibility index (Phi) is 2.97. The summed E-state index contributed by atoms with van der Waals surface area (Å²) in [6.07, 6.45) is 2.79. The standard InChI is InChI=1S/C12H22N2O2/c1-11(2)3-6-14(7-4-11)10(15)12(13)5-8-16-9-12/h3-9,13H2,1-2H3. The maximum atomic E-state index is 12.3. The third kappa shape index (κ3) is 2.23. The average molecular weight is 226 g/mol. The number of nitrogens with zero attached hydrogens (tertiary/aromatic N) is 1. The van der Waals surface area contributed by atoms with Crippen molar-refractivity contribution in [2.24, 2.45) is 11.1 Å². The van der Waals surface area contributed by atoms with Crippen molar-refractivity contribution in [3.8, 4) is 0 Å². The third-order valence-corrected chi connectivity index (χ3v) is 3.88. The zero-order chi connectivity index (χ0) is 11.8. The van der Waals surface area contributed by atoms with Crippen molar-refractivity contribution >= 4 is 5.91 Å². The fraction of sp³-hybridized carbons (Fsp3) is 0.917. The highest BCUT2D eigenvalue weighted by molar-refractivity contribution is 5.86. The number of carbonyl (C=O) groups is 1. The molecular formula is C12H22N2O2. The zero-order valence-corrected chi connectivity index (χ0v) is 10.3. The molecule has 1 atom stereocenters. The van der Waals surface area contributed by atoms with Crippen molar-refractivity contribution < 1.29 is 9.53 Å². The van der Waals surface area contributed by atoms with Gasteiger partial charge in [0.05, 0.1) is 6.61 Å². The molecule has 0 bridgehead atoms. The maximum Gasteiger partial charge on any atom is 0.245 e. The third-order valence-electron chi connectivity index (χ3n) is 3.88. The molecule has 0 saturated carbocycles. The highest BCUT2D eigenvalue weighted by atomic mass is 16.5. The van der Waals surface area contributed by atoms with E-state index in [0.29, 0.717) is 25.0 Å². The number of carbonyl (C=O) groups excluding carboxylic acids is 1. The lowest BCUT2D eigenvalue weighted by atomic mass is 9.82. The highest BCUT2D eigenvalue weighted by Crippen LogP contribution is 2.31. The fourth-order valence-electron chi connectivity index (χ4n) is 2.38. The molecule has 1 unspecified atom stereocenters. The second kappa shape index (κ2) is 4.00. The average Bonchev–Trinajstić information content (AvgIpc) is 2.66. The molecule has 2 heterocycles. The van der Waals surface area contributed by atoms with Crippen molar-refractivity contribution in [1.29, 1.82) is 0 Å². The molecule has 2 rings (SSSR count). The summed E-state index contributed by atoms with van der Waals surface area (Å²) in [5, 5.41) is 0. The van der Waals surface area contributed by atoms with E-state index in [-0.39, 0.29) is 5.91 Å². The minimum atomic E-state index is -0.749. The van der Waals surface area contributed by atoms with Crippen LogP contribution in [0.2, 0.25) is 0 Å². The molecular weight excluding hydrogens is 204 g/mol. The fourth-order valence-corrected chi connectivity index (χ4v) is 2.38. The van der Waals surface area contributed by atoms with Crippen LogP contribution in [-0.4, -0.2) is 42.6 Å². The molecule has 0 aromatic heterocycles. The molecule has 2 fully saturated rings. The number of likely N-dealkylation sites (tertiary alicyclic amines) is 1. The van der Waals surface area contributed by atoms with Gasteiger partial charge in [-0.1, -0.05) is 13.8 Å². The minimum absolute atomic E-state index is 0.0838. The van der Waals surface area contributed by atoms with E-state index in [2.05, 4.69) is 13.8 Å². The Hall–Kier alpha value is -0.610. The largest absolute Gasteiger partial charge is 0.379 e. The van der Waals surface area contributed by atoms with Crippen LogP contribution in [0.15, 0.2) is 0 Å². The summed E-state index contributed by atoms with van der Waals surface area (Å²) >= 11 is 0. The summed E-state index contributed by atoms with van der Waals surface area (Å²) in [6, 6.07) is 0. The molecule has 2 N–H and O–H groups in total. The monoisotopic (exact) mass is 226 g/mol. The summed E-state index contributed by atoms with van der Waals surface area (Å²) in [4.78, 5) is 14.2. The van der Waals surface area contributed by atoms with Crippen LogP contribution in [0.1, 0.15) is 33.1 Å². The first kappa shape index (κ1) is 11.9. The summed E-state index contributed by atoms with van der Waals surface area (Å²) in [6.45, 7) is 7.18. The second-order valence-electron chi connectivity index (χ2n) is 5.92. The summed E-state index contributed by atoms with van der Waals surface area (Å²) in [5.41, 5.74) is 5.70. The van der Waals surface area contributed by atoms with Gasteiger partial charge >= 0.3 is 0 Å². The Morgan fingerprint density at radius 2 is 1.88 bits per heavy atom. The lowest BCUT2D eigenvalue weighted by Gasteiger charge is -2.39. The number of ether oxygens (including phenoxy) is 1. The Morgan fingerprint density at radius 1 is 1.25 bits per heavy atom. The highest BCUT2D eigenvalue weighted by Gasteiger charge is 2.42. The lowest BCUT2D eigenvalue weighted by molar-refractivity contribution is -0.139. The molecule has 92 valence electrons. The van der Waals surface area contributed by atoms with Crippen LogP contribution in [0.25, 0.3) is 0 Å². The van der Waals surface area contributed by atoms with Crippen LogP contribution < -0.4 is 5.73 Å². The molecule has 2 aliphatic rings. The molecule has 0 aromatic rings. The van der Waals surface area contributed by atoms with Gasteiger partial charge in [-0.05, 0) is 24.7 Å². The molecule has 0 aliphatic carbocycles. The number of rotatable bonds is 1. The molecule has 4 nitrogen and oxygen atoms in total. The molecule has 0 spiro atoms. The quantitative estimate of drug-likeness (QED) is 0.718. The number of amides is 1. The van der Waals surface area contributed by atoms with Crippen molar-refractivity contribution in [2.45, 2.75) is 38.6 Å². The molecule has 16 heavy (non-hydrogen) atoms. The predicted molar refractivity (Wildman–Crippen MR) is 61.9 cm³/mol. The lowest BCUT2D eigenvalue weighted by Crippen LogP contribution is -2.57. The van der Waals surface area contributed by atoms with Gasteiger partial charge in [0.1, 0.15) is 5.54 Å². The van der Waals surface area contributed by atoms with Crippen molar-refractivity contribution in [3.63, 3.8) is 0 Å². The maximum absolute atomic E-state index is 12.3. The Bertz CT molecular complexity index is 273. The topological polar surface area (TPSA) is 55.6 Å². The van der Waals surface area contributed by atoms with Crippen LogP contribution in [0.3, 0.4) is 0 Å². The second-order valence-corrected chi connectivity index (χ2v) is 5.92. The van der Waals surface area contributed by atoms with Crippen molar-refractivity contribution in [1.82, 2.24) is 4.90 Å². The predicted octanol–water partition coefficient (Wildman–Crippen LogP) is 0.753. The van der Waals surface area contributed by atoms with Gasteiger partial charge in [-0.3, -0.25) is 4.79 Å². The van der Waals surface area contributed by atoms with Gasteiger partial charge < -0.3 is 15.4 Å². The molecule has 1 amide bonds. The van der Waals surface area contributed by atoms with Crippen molar-refractivity contribution in [2.75, 3.05) is 26.3 Å². The number of hydrogen-bond donors (Lipinski definition) is 1. The molecule has 2 aliphatic heterocycles. The number of hydrogen-bond acceptors (Lipinski definition) is 3. The van der Waals surface area contributed by atoms with E-state index >= 15 is 0 Å². The smallest absolute Gasteiger partial charge is 0.245 e. The molecule has 2 saturated heterocycles. The van der Waals surface area contributed by atoms with Gasteiger partial charge in [-0.15, -0.1) is 0 Å². The summed E-state index contributed by atoms with van der Waals surface area (Å²) in [5.74, 6) is 0.0838. The van der Waals surface area contributed by atoms with Crippen LogP contribution in [0.4, 0.5) is 0 Å². The van der Waals surface area contributed by atoms with E-state index in [0.717, 1.165) is 25.9 Å². The van der Waals surface area contributed by atoms with E-state index in [1.807, 2.05) is 4.90 Å². The Labute approximate surface area is 97.1 Å². The van der Waals surface area contributed by atoms with Gasteiger partial charge in [-0.25, -0.2) is 0 Å². The first-order valence-corrected chi connectivity index (χ1v) is 6.09.